The standard InChI is InChI=1S/C34H43F2N7O8/c1-33(2,3)50-26(44)14-13-24(31(47)51-34(4,5)6)39-29(45)20-11-9-19(10-12-20)18-42(25-17-21(35)16-23(36)27(25)43(48)49)15-7-8-22-28(37)40-32(38)41-30(22)46/h9-12,16-17,24H,7-8,13-15,18H2,1-6H3,(H,39,45)(H5,37,38,40,41,46)/t24-/m0/s1. The number of nitro groups is 1. The number of amides is 1. The molecule has 3 aromatic rings. The largest absolute Gasteiger partial charge is 0.460 e. The van der Waals surface area contributed by atoms with Gasteiger partial charge in [-0.15, -0.1) is 0 Å². The molecule has 0 radical (unpaired) electrons. The molecule has 15 nitrogen and oxygen atoms in total. The van der Waals surface area contributed by atoms with Crippen molar-refractivity contribution >= 4 is 41.0 Å². The molecule has 0 saturated heterocycles. The predicted molar refractivity (Wildman–Crippen MR) is 185 cm³/mol. The Balaban J connectivity index is 1.84. The van der Waals surface area contributed by atoms with Gasteiger partial charge in [0.1, 0.15) is 34.6 Å². The van der Waals surface area contributed by atoms with E-state index < -0.39 is 62.9 Å². The number of ether oxygens (including phenoxy) is 2. The average molecular weight is 716 g/mol. The zero-order valence-electron chi connectivity index (χ0n) is 29.3. The molecule has 0 aliphatic rings. The minimum atomic E-state index is -1.37. The number of carbonyl (C=O) groups is 3. The molecule has 51 heavy (non-hydrogen) atoms. The van der Waals surface area contributed by atoms with Crippen LogP contribution in [0.15, 0.2) is 41.2 Å². The lowest BCUT2D eigenvalue weighted by molar-refractivity contribution is -0.386. The van der Waals surface area contributed by atoms with Gasteiger partial charge >= 0.3 is 17.6 Å². The fourth-order valence-corrected chi connectivity index (χ4v) is 4.98. The Hall–Kier alpha value is -5.61. The number of hydrogen-bond acceptors (Lipinski definition) is 12. The number of aromatic amines is 1. The van der Waals surface area contributed by atoms with E-state index >= 15 is 0 Å². The highest BCUT2D eigenvalue weighted by atomic mass is 19.1. The van der Waals surface area contributed by atoms with Crippen molar-refractivity contribution in [3.63, 3.8) is 0 Å². The van der Waals surface area contributed by atoms with Crippen LogP contribution in [0.1, 0.15) is 82.3 Å². The first kappa shape index (κ1) is 39.8. The van der Waals surface area contributed by atoms with E-state index in [1.165, 1.54) is 29.2 Å². The Kier molecular flexibility index (Phi) is 12.8. The van der Waals surface area contributed by atoms with Crippen molar-refractivity contribution < 1.29 is 37.6 Å². The number of nitro benzene ring substituents is 1. The second kappa shape index (κ2) is 16.4. The number of aromatic nitrogens is 2. The summed E-state index contributed by atoms with van der Waals surface area (Å²) in [5, 5.41) is 14.4. The van der Waals surface area contributed by atoms with Crippen molar-refractivity contribution in [1.29, 1.82) is 0 Å². The zero-order chi connectivity index (χ0) is 38.3. The fourth-order valence-electron chi connectivity index (χ4n) is 4.98. The van der Waals surface area contributed by atoms with Gasteiger partial charge in [0.05, 0.1) is 10.5 Å². The second-order valence-electron chi connectivity index (χ2n) is 13.7. The van der Waals surface area contributed by atoms with Gasteiger partial charge in [-0.25, -0.2) is 9.18 Å². The van der Waals surface area contributed by atoms with E-state index in [1.54, 1.807) is 41.5 Å². The third kappa shape index (κ3) is 12.0. The van der Waals surface area contributed by atoms with Gasteiger partial charge in [0, 0.05) is 37.2 Å². The lowest BCUT2D eigenvalue weighted by atomic mass is 10.1. The van der Waals surface area contributed by atoms with E-state index in [4.69, 9.17) is 20.9 Å². The van der Waals surface area contributed by atoms with E-state index in [9.17, 15) is 38.1 Å². The number of nitrogens with two attached hydrogens (primary N) is 2. The minimum absolute atomic E-state index is 0.0234. The normalized spacial score (nSPS) is 12.2. The van der Waals surface area contributed by atoms with Gasteiger partial charge in [0.15, 0.2) is 0 Å². The summed E-state index contributed by atoms with van der Waals surface area (Å²) in [5.74, 6) is -4.64. The quantitative estimate of drug-likeness (QED) is 0.104. The number of hydrogen-bond donors (Lipinski definition) is 4. The summed E-state index contributed by atoms with van der Waals surface area (Å²) >= 11 is 0. The summed E-state index contributed by atoms with van der Waals surface area (Å²) in [6.45, 7) is 9.98. The molecule has 0 fully saturated rings. The van der Waals surface area contributed by atoms with Crippen LogP contribution in [-0.2, 0) is 32.0 Å². The summed E-state index contributed by atoms with van der Waals surface area (Å²) < 4.78 is 39.8. The molecular formula is C34H43F2N7O8. The van der Waals surface area contributed by atoms with Crippen molar-refractivity contribution in [2.45, 2.75) is 91.0 Å². The number of nitrogens with one attached hydrogen (secondary N) is 2. The fraction of sp³-hybridized carbons (Fsp3) is 0.441. The first-order valence-electron chi connectivity index (χ1n) is 16.0. The molecule has 3 rings (SSSR count). The summed E-state index contributed by atoms with van der Waals surface area (Å²) in [4.78, 5) is 69.3. The molecule has 0 aliphatic carbocycles. The van der Waals surface area contributed by atoms with Crippen LogP contribution in [0.3, 0.4) is 0 Å². The molecule has 0 bridgehead atoms. The van der Waals surface area contributed by atoms with E-state index in [2.05, 4.69) is 15.3 Å². The van der Waals surface area contributed by atoms with Crippen LogP contribution in [-0.4, -0.2) is 56.5 Å². The van der Waals surface area contributed by atoms with Crippen LogP contribution in [0.2, 0.25) is 0 Å². The van der Waals surface area contributed by atoms with E-state index in [0.29, 0.717) is 11.6 Å². The van der Waals surface area contributed by atoms with Gasteiger partial charge in [-0.05, 0) is 78.5 Å². The molecule has 276 valence electrons. The monoisotopic (exact) mass is 715 g/mol. The zero-order valence-corrected chi connectivity index (χ0v) is 29.3. The second-order valence-corrected chi connectivity index (χ2v) is 13.7. The number of nitrogens with zero attached hydrogens (tertiary/aromatic N) is 3. The van der Waals surface area contributed by atoms with Crippen LogP contribution >= 0.6 is 0 Å². The van der Waals surface area contributed by atoms with Crippen LogP contribution in [0, 0.1) is 21.7 Å². The van der Waals surface area contributed by atoms with Gasteiger partial charge < -0.3 is 31.2 Å². The highest BCUT2D eigenvalue weighted by molar-refractivity contribution is 5.97. The maximum Gasteiger partial charge on any atom is 0.329 e. The number of nitrogen functional groups attached to an aromatic ring is 2. The number of rotatable bonds is 14. The Labute approximate surface area is 292 Å². The van der Waals surface area contributed by atoms with Gasteiger partial charge in [-0.3, -0.25) is 29.5 Å². The van der Waals surface area contributed by atoms with Crippen molar-refractivity contribution in [1.82, 2.24) is 15.3 Å². The van der Waals surface area contributed by atoms with E-state index in [0.717, 1.165) is 6.07 Å². The third-order valence-electron chi connectivity index (χ3n) is 7.10. The van der Waals surface area contributed by atoms with Crippen LogP contribution in [0.25, 0.3) is 0 Å². The molecular weight excluding hydrogens is 672 g/mol. The van der Waals surface area contributed by atoms with Crippen LogP contribution in [0.5, 0.6) is 0 Å². The molecule has 0 unspecified atom stereocenters. The summed E-state index contributed by atoms with van der Waals surface area (Å²) in [7, 11) is 0. The Morgan fingerprint density at radius 3 is 2.24 bits per heavy atom. The predicted octanol–water partition coefficient (Wildman–Crippen LogP) is 4.32. The Bertz CT molecular complexity index is 1820. The summed E-state index contributed by atoms with van der Waals surface area (Å²) in [5.41, 5.74) is 8.64. The van der Waals surface area contributed by atoms with Gasteiger partial charge in [0.25, 0.3) is 11.5 Å². The first-order valence-corrected chi connectivity index (χ1v) is 16.0. The molecule has 17 heteroatoms. The maximum atomic E-state index is 14.7. The summed E-state index contributed by atoms with van der Waals surface area (Å²) in [6.07, 6.45) is -0.0409. The summed E-state index contributed by atoms with van der Waals surface area (Å²) in [6, 6.07) is 5.99. The lowest BCUT2D eigenvalue weighted by Gasteiger charge is -2.26. The highest BCUT2D eigenvalue weighted by Crippen LogP contribution is 2.33. The molecule has 0 saturated carbocycles. The molecule has 0 spiro atoms. The average Bonchev–Trinajstić information content (AvgIpc) is 2.97. The molecule has 0 aliphatic heterocycles. The maximum absolute atomic E-state index is 14.7. The lowest BCUT2D eigenvalue weighted by Crippen LogP contribution is -2.44. The molecule has 1 amide bonds. The molecule has 1 heterocycles. The Morgan fingerprint density at radius 2 is 1.67 bits per heavy atom. The van der Waals surface area contributed by atoms with Crippen LogP contribution in [0.4, 0.5) is 31.9 Å². The van der Waals surface area contributed by atoms with Crippen LogP contribution < -0.4 is 27.2 Å². The molecule has 6 N–H and O–H groups in total. The van der Waals surface area contributed by atoms with E-state index in [1.807, 2.05) is 0 Å². The third-order valence-corrected chi connectivity index (χ3v) is 7.10. The number of halogens is 2. The molecule has 2 aromatic carbocycles. The number of benzene rings is 2. The highest BCUT2D eigenvalue weighted by Gasteiger charge is 2.29. The number of esters is 2. The molecule has 1 atom stereocenters. The number of anilines is 3. The van der Waals surface area contributed by atoms with Crippen molar-refractivity contribution in [2.24, 2.45) is 0 Å². The first-order chi connectivity index (χ1) is 23.6. The van der Waals surface area contributed by atoms with Gasteiger partial charge in [-0.1, -0.05) is 12.1 Å². The number of carbonyl (C=O) groups excluding carboxylic acids is 3. The molecule has 1 aromatic heterocycles. The van der Waals surface area contributed by atoms with Gasteiger partial charge in [0.2, 0.25) is 11.8 Å². The van der Waals surface area contributed by atoms with Crippen molar-refractivity contribution in [2.75, 3.05) is 22.9 Å². The van der Waals surface area contributed by atoms with Crippen molar-refractivity contribution in [3.8, 4) is 0 Å². The minimum Gasteiger partial charge on any atom is -0.460 e. The SMILES string of the molecule is CC(C)(C)OC(=O)CC[C@H](NC(=O)c1ccc(CN(CCCc2c(N)nc(N)[nH]c2=O)c2cc(F)cc(F)c2[N+](=O)[O-])cc1)C(=O)OC(C)(C)C. The Morgan fingerprint density at radius 1 is 1.04 bits per heavy atom. The van der Waals surface area contributed by atoms with E-state index in [-0.39, 0.29) is 67.4 Å². The van der Waals surface area contributed by atoms with Gasteiger partial charge in [-0.2, -0.15) is 9.37 Å². The van der Waals surface area contributed by atoms with Crippen molar-refractivity contribution in [3.05, 3.63) is 85.2 Å². The topological polar surface area (TPSA) is 226 Å². The number of H-pyrrole nitrogens is 1. The smallest absolute Gasteiger partial charge is 0.329 e.